The summed E-state index contributed by atoms with van der Waals surface area (Å²) in [5, 5.41) is 7.65. The van der Waals surface area contributed by atoms with E-state index in [1.165, 1.54) is 12.4 Å². The fraction of sp³-hybridized carbons (Fsp3) is 0.273. The van der Waals surface area contributed by atoms with E-state index in [9.17, 15) is 8.42 Å². The first kappa shape index (κ1) is 14.0. The van der Waals surface area contributed by atoms with Crippen LogP contribution in [0, 0.1) is 0 Å². The molecule has 0 aliphatic rings. The van der Waals surface area contributed by atoms with E-state index < -0.39 is 16.1 Å². The summed E-state index contributed by atoms with van der Waals surface area (Å²) in [6.45, 7) is 1.71. The van der Waals surface area contributed by atoms with Crippen molar-refractivity contribution in [1.29, 1.82) is 0 Å². The molecule has 0 spiro atoms. The molecule has 1 atom stereocenters. The molecule has 2 heterocycles. The molecule has 110 valence electrons. The Kier molecular flexibility index (Phi) is 3.43. The van der Waals surface area contributed by atoms with E-state index in [1.54, 1.807) is 30.7 Å². The Morgan fingerprint density at radius 3 is 2.86 bits per heavy atom. The van der Waals surface area contributed by atoms with Crippen LogP contribution in [0.2, 0.25) is 0 Å². The summed E-state index contributed by atoms with van der Waals surface area (Å²) >= 11 is 0.984. The highest BCUT2D eigenvalue weighted by molar-refractivity contribution is 7.89. The Morgan fingerprint density at radius 1 is 1.33 bits per heavy atom. The van der Waals surface area contributed by atoms with Crippen LogP contribution in [0.15, 0.2) is 29.4 Å². The molecule has 8 nitrogen and oxygen atoms in total. The van der Waals surface area contributed by atoms with Crippen LogP contribution >= 0.6 is 11.7 Å². The monoisotopic (exact) mass is 324 g/mol. The number of aromatic nitrogens is 5. The molecule has 2 aromatic heterocycles. The Balaban J connectivity index is 1.98. The summed E-state index contributed by atoms with van der Waals surface area (Å²) in [6.07, 6.45) is 1.52. The van der Waals surface area contributed by atoms with Gasteiger partial charge in [0.15, 0.2) is 0 Å². The van der Waals surface area contributed by atoms with E-state index in [2.05, 4.69) is 23.7 Å². The lowest BCUT2D eigenvalue weighted by atomic mass is 10.3. The van der Waals surface area contributed by atoms with Gasteiger partial charge in [-0.15, -0.1) is 10.2 Å². The minimum atomic E-state index is -3.73. The number of hydrogen-bond donors (Lipinski definition) is 1. The van der Waals surface area contributed by atoms with E-state index in [1.807, 2.05) is 0 Å². The van der Waals surface area contributed by atoms with E-state index in [0.29, 0.717) is 16.9 Å². The average Bonchev–Trinajstić information content (AvgIpc) is 3.05. The Bertz CT molecular complexity index is 885. The predicted octanol–water partition coefficient (Wildman–Crippen LogP) is 0.859. The standard InChI is InChI=1S/C11H12N6O2S2/c1-7(11-13-12-6-17(11)2)16-21(18,19)9-5-3-4-8-10(9)15-20-14-8/h3-7,16H,1-2H3. The molecule has 21 heavy (non-hydrogen) atoms. The Hall–Kier alpha value is -1.91. The lowest BCUT2D eigenvalue weighted by Gasteiger charge is -2.13. The minimum Gasteiger partial charge on any atom is -0.319 e. The molecule has 0 amide bonds. The average molecular weight is 324 g/mol. The number of nitrogens with zero attached hydrogens (tertiary/aromatic N) is 5. The first-order valence-electron chi connectivity index (χ1n) is 6.06. The summed E-state index contributed by atoms with van der Waals surface area (Å²) in [5.41, 5.74) is 0.939. The summed E-state index contributed by atoms with van der Waals surface area (Å²) < 4.78 is 37.4. The fourth-order valence-electron chi connectivity index (χ4n) is 2.03. The zero-order valence-electron chi connectivity index (χ0n) is 11.3. The molecule has 0 saturated carbocycles. The second kappa shape index (κ2) is 5.13. The van der Waals surface area contributed by atoms with Gasteiger partial charge in [-0.25, -0.2) is 13.1 Å². The van der Waals surface area contributed by atoms with Crippen molar-refractivity contribution in [1.82, 2.24) is 28.2 Å². The number of rotatable bonds is 4. The van der Waals surface area contributed by atoms with E-state index in [-0.39, 0.29) is 4.90 Å². The number of fused-ring (bicyclic) bond motifs is 1. The third kappa shape index (κ3) is 2.52. The van der Waals surface area contributed by atoms with Gasteiger partial charge in [0.2, 0.25) is 10.0 Å². The quantitative estimate of drug-likeness (QED) is 0.763. The first-order valence-corrected chi connectivity index (χ1v) is 8.28. The van der Waals surface area contributed by atoms with Crippen LogP contribution in [-0.2, 0) is 17.1 Å². The van der Waals surface area contributed by atoms with Crippen LogP contribution in [0.1, 0.15) is 18.8 Å². The van der Waals surface area contributed by atoms with Gasteiger partial charge < -0.3 is 4.57 Å². The molecule has 1 N–H and O–H groups in total. The number of hydrogen-bond acceptors (Lipinski definition) is 7. The van der Waals surface area contributed by atoms with Gasteiger partial charge in [-0.05, 0) is 19.1 Å². The second-order valence-corrected chi connectivity index (χ2v) is 6.74. The number of sulfonamides is 1. The van der Waals surface area contributed by atoms with Crippen LogP contribution in [-0.4, -0.2) is 31.9 Å². The van der Waals surface area contributed by atoms with Crippen molar-refractivity contribution in [3.05, 3.63) is 30.4 Å². The van der Waals surface area contributed by atoms with Crippen molar-refractivity contribution in [3.8, 4) is 0 Å². The van der Waals surface area contributed by atoms with Crippen LogP contribution in [0.3, 0.4) is 0 Å². The summed E-state index contributed by atoms with van der Waals surface area (Å²) in [4.78, 5) is 0.114. The minimum absolute atomic E-state index is 0.114. The maximum atomic E-state index is 12.5. The molecule has 3 rings (SSSR count). The van der Waals surface area contributed by atoms with E-state index in [0.717, 1.165) is 11.7 Å². The maximum absolute atomic E-state index is 12.5. The highest BCUT2D eigenvalue weighted by Crippen LogP contribution is 2.22. The fourth-order valence-corrected chi connectivity index (χ4v) is 4.00. The Morgan fingerprint density at radius 2 is 2.14 bits per heavy atom. The van der Waals surface area contributed by atoms with Crippen molar-refractivity contribution in [2.24, 2.45) is 7.05 Å². The topological polar surface area (TPSA) is 103 Å². The van der Waals surface area contributed by atoms with Crippen LogP contribution < -0.4 is 4.72 Å². The molecule has 0 radical (unpaired) electrons. The second-order valence-electron chi connectivity index (χ2n) is 4.53. The van der Waals surface area contributed by atoms with Gasteiger partial charge in [0.05, 0.1) is 17.8 Å². The number of benzene rings is 1. The molecule has 0 fully saturated rings. The zero-order chi connectivity index (χ0) is 15.0. The molecular weight excluding hydrogens is 312 g/mol. The van der Waals surface area contributed by atoms with Crippen molar-refractivity contribution in [3.63, 3.8) is 0 Å². The predicted molar refractivity (Wildman–Crippen MR) is 77.2 cm³/mol. The normalized spacial score (nSPS) is 13.6. The van der Waals surface area contributed by atoms with Gasteiger partial charge in [-0.2, -0.15) is 8.75 Å². The third-order valence-corrected chi connectivity index (χ3v) is 5.12. The van der Waals surface area contributed by atoms with Crippen LogP contribution in [0.25, 0.3) is 11.0 Å². The SMILES string of the molecule is CC(NS(=O)(=O)c1cccc2nsnc12)c1nncn1C. The molecule has 1 unspecified atom stereocenters. The lowest BCUT2D eigenvalue weighted by Crippen LogP contribution is -2.28. The van der Waals surface area contributed by atoms with Gasteiger partial charge in [-0.1, -0.05) is 6.07 Å². The van der Waals surface area contributed by atoms with Crippen molar-refractivity contribution in [2.45, 2.75) is 17.9 Å². The van der Waals surface area contributed by atoms with Crippen molar-refractivity contribution < 1.29 is 8.42 Å². The van der Waals surface area contributed by atoms with Gasteiger partial charge in [0.1, 0.15) is 28.1 Å². The molecule has 0 aliphatic heterocycles. The molecule has 0 saturated heterocycles. The molecule has 1 aromatic carbocycles. The number of nitrogens with one attached hydrogen (secondary N) is 1. The van der Waals surface area contributed by atoms with Gasteiger partial charge in [0.25, 0.3) is 0 Å². The summed E-state index contributed by atoms with van der Waals surface area (Å²) in [7, 11) is -1.97. The summed E-state index contributed by atoms with van der Waals surface area (Å²) in [5.74, 6) is 0.530. The van der Waals surface area contributed by atoms with Crippen LogP contribution in [0.4, 0.5) is 0 Å². The van der Waals surface area contributed by atoms with Gasteiger partial charge >= 0.3 is 0 Å². The number of aryl methyl sites for hydroxylation is 1. The highest BCUT2D eigenvalue weighted by atomic mass is 32.2. The maximum Gasteiger partial charge on any atom is 0.243 e. The highest BCUT2D eigenvalue weighted by Gasteiger charge is 2.24. The first-order chi connectivity index (χ1) is 9.99. The van der Waals surface area contributed by atoms with Crippen molar-refractivity contribution in [2.75, 3.05) is 0 Å². The Labute approximate surface area is 125 Å². The van der Waals surface area contributed by atoms with E-state index >= 15 is 0 Å². The molecule has 10 heteroatoms. The summed E-state index contributed by atoms with van der Waals surface area (Å²) in [6, 6.07) is 4.37. The largest absolute Gasteiger partial charge is 0.319 e. The third-order valence-electron chi connectivity index (χ3n) is 3.00. The van der Waals surface area contributed by atoms with Gasteiger partial charge in [0, 0.05) is 7.05 Å². The molecule has 0 aliphatic carbocycles. The lowest BCUT2D eigenvalue weighted by molar-refractivity contribution is 0.554. The zero-order valence-corrected chi connectivity index (χ0v) is 12.9. The van der Waals surface area contributed by atoms with E-state index in [4.69, 9.17) is 0 Å². The smallest absolute Gasteiger partial charge is 0.243 e. The molecular formula is C11H12N6O2S2. The van der Waals surface area contributed by atoms with Crippen LogP contribution in [0.5, 0.6) is 0 Å². The van der Waals surface area contributed by atoms with Gasteiger partial charge in [-0.3, -0.25) is 0 Å². The molecule has 3 aromatic rings. The van der Waals surface area contributed by atoms with Crippen molar-refractivity contribution >= 4 is 32.8 Å². The molecule has 0 bridgehead atoms.